The minimum Gasteiger partial charge on any atom is -0.496 e. The molecular formula is C19H29N5O. The second-order valence-electron chi connectivity index (χ2n) is 6.25. The summed E-state index contributed by atoms with van der Waals surface area (Å²) in [5.74, 6) is 3.22. The lowest BCUT2D eigenvalue weighted by molar-refractivity contribution is 0.410. The van der Waals surface area contributed by atoms with Crippen molar-refractivity contribution < 1.29 is 4.74 Å². The molecule has 1 aromatic heterocycles. The third-order valence-corrected chi connectivity index (χ3v) is 3.72. The Morgan fingerprint density at radius 3 is 2.80 bits per heavy atom. The Morgan fingerprint density at radius 1 is 1.28 bits per heavy atom. The van der Waals surface area contributed by atoms with Crippen LogP contribution in [0.3, 0.4) is 0 Å². The van der Waals surface area contributed by atoms with Crippen LogP contribution in [-0.2, 0) is 19.6 Å². The molecule has 136 valence electrons. The van der Waals surface area contributed by atoms with E-state index < -0.39 is 0 Å². The number of rotatable bonds is 8. The van der Waals surface area contributed by atoms with E-state index in [4.69, 9.17) is 4.74 Å². The molecule has 2 rings (SSSR count). The number of aromatic nitrogens is 2. The molecule has 0 aliphatic carbocycles. The predicted octanol–water partition coefficient (Wildman–Crippen LogP) is 2.80. The highest BCUT2D eigenvalue weighted by Gasteiger charge is 2.06. The van der Waals surface area contributed by atoms with E-state index in [1.165, 1.54) is 0 Å². The third kappa shape index (κ3) is 5.81. The van der Waals surface area contributed by atoms with Gasteiger partial charge in [-0.15, -0.1) is 0 Å². The van der Waals surface area contributed by atoms with Gasteiger partial charge in [-0.2, -0.15) is 0 Å². The number of benzene rings is 1. The molecule has 0 aliphatic rings. The topological polar surface area (TPSA) is 63.5 Å². The number of para-hydroxylation sites is 1. The van der Waals surface area contributed by atoms with Crippen LogP contribution in [-0.4, -0.2) is 29.2 Å². The average molecular weight is 343 g/mol. The van der Waals surface area contributed by atoms with Crippen molar-refractivity contribution in [2.75, 3.05) is 13.7 Å². The van der Waals surface area contributed by atoms with Gasteiger partial charge in [0.05, 0.1) is 20.2 Å². The van der Waals surface area contributed by atoms with Gasteiger partial charge >= 0.3 is 0 Å². The van der Waals surface area contributed by atoms with Gasteiger partial charge in [-0.3, -0.25) is 0 Å². The van der Waals surface area contributed by atoms with Gasteiger partial charge < -0.3 is 19.9 Å². The molecule has 0 bridgehead atoms. The van der Waals surface area contributed by atoms with Crippen LogP contribution in [0.15, 0.2) is 41.7 Å². The van der Waals surface area contributed by atoms with Crippen molar-refractivity contribution in [2.24, 2.45) is 10.9 Å². The molecule has 1 aromatic carbocycles. The van der Waals surface area contributed by atoms with Gasteiger partial charge in [0.25, 0.3) is 0 Å². The number of ether oxygens (including phenoxy) is 1. The van der Waals surface area contributed by atoms with Gasteiger partial charge in [0.15, 0.2) is 5.96 Å². The van der Waals surface area contributed by atoms with Crippen LogP contribution in [0, 0.1) is 5.92 Å². The van der Waals surface area contributed by atoms with Crippen LogP contribution in [0.1, 0.15) is 32.2 Å². The van der Waals surface area contributed by atoms with E-state index in [0.29, 0.717) is 19.0 Å². The first-order valence-electron chi connectivity index (χ1n) is 8.78. The summed E-state index contributed by atoms with van der Waals surface area (Å²) in [7, 11) is 1.68. The molecule has 25 heavy (non-hydrogen) atoms. The molecule has 0 aliphatic heterocycles. The predicted molar refractivity (Wildman–Crippen MR) is 102 cm³/mol. The summed E-state index contributed by atoms with van der Waals surface area (Å²) in [4.78, 5) is 9.10. The van der Waals surface area contributed by atoms with Gasteiger partial charge in [0.1, 0.15) is 11.6 Å². The maximum absolute atomic E-state index is 5.39. The monoisotopic (exact) mass is 343 g/mol. The summed E-state index contributed by atoms with van der Waals surface area (Å²) in [5, 5.41) is 6.63. The number of imidazole rings is 1. The van der Waals surface area contributed by atoms with Crippen molar-refractivity contribution >= 4 is 5.96 Å². The highest BCUT2D eigenvalue weighted by atomic mass is 16.5. The molecular weight excluding hydrogens is 314 g/mol. The van der Waals surface area contributed by atoms with Crippen molar-refractivity contribution in [3.8, 4) is 5.75 Å². The summed E-state index contributed by atoms with van der Waals surface area (Å²) in [5.41, 5.74) is 1.06. The molecule has 0 saturated heterocycles. The summed E-state index contributed by atoms with van der Waals surface area (Å²) < 4.78 is 7.57. The van der Waals surface area contributed by atoms with Crippen LogP contribution >= 0.6 is 0 Å². The maximum Gasteiger partial charge on any atom is 0.191 e. The number of hydrogen-bond acceptors (Lipinski definition) is 3. The number of nitrogens with zero attached hydrogens (tertiary/aromatic N) is 3. The van der Waals surface area contributed by atoms with E-state index in [-0.39, 0.29) is 0 Å². The molecule has 0 radical (unpaired) electrons. The van der Waals surface area contributed by atoms with Gasteiger partial charge in [0.2, 0.25) is 0 Å². The first-order chi connectivity index (χ1) is 12.1. The molecule has 0 amide bonds. The number of guanidine groups is 1. The summed E-state index contributed by atoms with van der Waals surface area (Å²) in [6.45, 7) is 9.42. The second-order valence-corrected chi connectivity index (χ2v) is 6.25. The maximum atomic E-state index is 5.39. The number of methoxy groups -OCH3 is 1. The molecule has 2 aromatic rings. The Morgan fingerprint density at radius 2 is 2.08 bits per heavy atom. The summed E-state index contributed by atoms with van der Waals surface area (Å²) in [6, 6.07) is 7.94. The molecule has 0 fully saturated rings. The zero-order chi connectivity index (χ0) is 18.1. The SMILES string of the molecule is CCNC(=NCc1ccccc1OC)NCc1nccn1CC(C)C. The molecule has 0 saturated carbocycles. The standard InChI is InChI=1S/C19H29N5O/c1-5-20-19(22-12-16-8-6-7-9-17(16)25-4)23-13-18-21-10-11-24(18)14-15(2)3/h6-11,15H,5,12-14H2,1-4H3,(H2,20,22,23). The molecule has 0 spiro atoms. The van der Waals surface area contributed by atoms with Crippen LogP contribution in [0.25, 0.3) is 0 Å². The molecule has 6 nitrogen and oxygen atoms in total. The van der Waals surface area contributed by atoms with Crippen molar-refractivity contribution in [1.82, 2.24) is 20.2 Å². The zero-order valence-corrected chi connectivity index (χ0v) is 15.6. The van der Waals surface area contributed by atoms with Crippen molar-refractivity contribution in [2.45, 2.75) is 40.4 Å². The fourth-order valence-corrected chi connectivity index (χ4v) is 2.57. The fraction of sp³-hybridized carbons (Fsp3) is 0.474. The van der Waals surface area contributed by atoms with E-state index in [9.17, 15) is 0 Å². The Bertz CT molecular complexity index is 678. The minimum absolute atomic E-state index is 0.555. The van der Waals surface area contributed by atoms with Gasteiger partial charge in [-0.1, -0.05) is 32.0 Å². The van der Waals surface area contributed by atoms with E-state index in [2.05, 4.69) is 45.9 Å². The Kier molecular flexibility index (Phi) is 7.32. The van der Waals surface area contributed by atoms with Crippen molar-refractivity contribution in [3.63, 3.8) is 0 Å². The Balaban J connectivity index is 2.02. The van der Waals surface area contributed by atoms with E-state index in [1.54, 1.807) is 7.11 Å². The molecule has 0 atom stereocenters. The quantitative estimate of drug-likeness (QED) is 0.571. The first kappa shape index (κ1) is 18.8. The summed E-state index contributed by atoms with van der Waals surface area (Å²) >= 11 is 0. The second kappa shape index (κ2) is 9.71. The Labute approximate surface area is 150 Å². The molecule has 1 heterocycles. The van der Waals surface area contributed by atoms with E-state index in [0.717, 1.165) is 36.2 Å². The minimum atomic E-state index is 0.555. The third-order valence-electron chi connectivity index (χ3n) is 3.72. The fourth-order valence-electron chi connectivity index (χ4n) is 2.57. The lowest BCUT2D eigenvalue weighted by Crippen LogP contribution is -2.37. The van der Waals surface area contributed by atoms with Gasteiger partial charge in [-0.05, 0) is 18.9 Å². The van der Waals surface area contributed by atoms with Crippen molar-refractivity contribution in [3.05, 3.63) is 48.0 Å². The zero-order valence-electron chi connectivity index (χ0n) is 15.6. The first-order valence-corrected chi connectivity index (χ1v) is 8.78. The lowest BCUT2D eigenvalue weighted by atomic mass is 10.2. The van der Waals surface area contributed by atoms with E-state index >= 15 is 0 Å². The van der Waals surface area contributed by atoms with Gasteiger partial charge in [0, 0.05) is 31.0 Å². The molecule has 2 N–H and O–H groups in total. The normalized spacial score (nSPS) is 11.6. The molecule has 6 heteroatoms. The molecule has 0 unspecified atom stereocenters. The van der Waals surface area contributed by atoms with Crippen LogP contribution < -0.4 is 15.4 Å². The highest BCUT2D eigenvalue weighted by molar-refractivity contribution is 5.79. The largest absolute Gasteiger partial charge is 0.496 e. The van der Waals surface area contributed by atoms with Crippen molar-refractivity contribution in [1.29, 1.82) is 0 Å². The highest BCUT2D eigenvalue weighted by Crippen LogP contribution is 2.17. The van der Waals surface area contributed by atoms with Crippen LogP contribution in [0.5, 0.6) is 5.75 Å². The van der Waals surface area contributed by atoms with E-state index in [1.807, 2.05) is 36.7 Å². The average Bonchev–Trinajstić information content (AvgIpc) is 3.04. The summed E-state index contributed by atoms with van der Waals surface area (Å²) in [6.07, 6.45) is 3.87. The van der Waals surface area contributed by atoms with Crippen LogP contribution in [0.4, 0.5) is 0 Å². The smallest absolute Gasteiger partial charge is 0.191 e. The number of hydrogen-bond donors (Lipinski definition) is 2. The van der Waals surface area contributed by atoms with Crippen LogP contribution in [0.2, 0.25) is 0 Å². The lowest BCUT2D eigenvalue weighted by Gasteiger charge is -2.14. The number of aliphatic imine (C=N–C) groups is 1. The number of nitrogens with one attached hydrogen (secondary N) is 2. The van der Waals surface area contributed by atoms with Gasteiger partial charge in [-0.25, -0.2) is 9.98 Å². The Hall–Kier alpha value is -2.50.